The molecule has 1 aliphatic heterocycles. The zero-order valence-corrected chi connectivity index (χ0v) is 12.3. The highest BCUT2D eigenvalue weighted by Crippen LogP contribution is 2.26. The maximum Gasteiger partial charge on any atom is 0.257 e. The Morgan fingerprint density at radius 3 is 2.75 bits per heavy atom. The van der Waals surface area contributed by atoms with E-state index >= 15 is 0 Å². The van der Waals surface area contributed by atoms with Crippen LogP contribution in [0.5, 0.6) is 11.5 Å². The molecule has 1 fully saturated rings. The topological polar surface area (TPSA) is 50.8 Å². The normalized spacial score (nSPS) is 18.4. The third-order valence-corrected chi connectivity index (χ3v) is 3.78. The van der Waals surface area contributed by atoms with Crippen LogP contribution in [0.1, 0.15) is 23.2 Å². The van der Waals surface area contributed by atoms with Crippen LogP contribution in [0.3, 0.4) is 0 Å². The van der Waals surface area contributed by atoms with Gasteiger partial charge in [-0.2, -0.15) is 0 Å². The lowest BCUT2D eigenvalue weighted by Crippen LogP contribution is -2.46. The quantitative estimate of drug-likeness (QED) is 0.907. The number of hydrogen-bond acceptors (Lipinski definition) is 4. The average Bonchev–Trinajstić information content (AvgIpc) is 2.53. The Kier molecular flexibility index (Phi) is 4.84. The number of nitrogens with one attached hydrogen (secondary N) is 1. The number of rotatable bonds is 4. The molecule has 1 heterocycles. The van der Waals surface area contributed by atoms with Gasteiger partial charge in [-0.3, -0.25) is 4.79 Å². The van der Waals surface area contributed by atoms with Crippen molar-refractivity contribution in [2.45, 2.75) is 18.9 Å². The van der Waals surface area contributed by atoms with E-state index in [0.29, 0.717) is 17.1 Å². The first-order chi connectivity index (χ1) is 9.67. The van der Waals surface area contributed by atoms with Crippen molar-refractivity contribution in [3.8, 4) is 11.5 Å². The molecule has 1 aliphatic rings. The number of ether oxygens (including phenoxy) is 2. The molecular weight excluding hydrogens is 256 g/mol. The number of carbonyl (C=O) groups excluding carboxylic acids is 1. The number of amides is 1. The van der Waals surface area contributed by atoms with E-state index in [-0.39, 0.29) is 11.9 Å². The second kappa shape index (κ2) is 6.61. The van der Waals surface area contributed by atoms with Gasteiger partial charge in [0.25, 0.3) is 5.91 Å². The first kappa shape index (κ1) is 14.7. The number of benzene rings is 1. The van der Waals surface area contributed by atoms with Crippen molar-refractivity contribution in [2.75, 3.05) is 34.4 Å². The van der Waals surface area contributed by atoms with Gasteiger partial charge in [-0.05, 0) is 37.6 Å². The molecule has 110 valence electrons. The van der Waals surface area contributed by atoms with Crippen molar-refractivity contribution in [3.05, 3.63) is 23.8 Å². The van der Waals surface area contributed by atoms with E-state index in [2.05, 4.69) is 5.32 Å². The molecule has 2 rings (SSSR count). The van der Waals surface area contributed by atoms with Crippen LogP contribution >= 0.6 is 0 Å². The number of carbonyl (C=O) groups is 1. The minimum atomic E-state index is -0.0329. The summed E-state index contributed by atoms with van der Waals surface area (Å²) in [5, 5.41) is 3.32. The number of hydrogen-bond donors (Lipinski definition) is 1. The molecule has 0 bridgehead atoms. The SMILES string of the molecule is COc1ccc(OC)c(C(=O)N(C)C2CCCNC2)c1. The van der Waals surface area contributed by atoms with E-state index in [1.807, 2.05) is 7.05 Å². The lowest BCUT2D eigenvalue weighted by atomic mass is 10.0. The molecule has 0 saturated carbocycles. The van der Waals surface area contributed by atoms with Crippen LogP contribution in [0.25, 0.3) is 0 Å². The number of methoxy groups -OCH3 is 2. The number of nitrogens with zero attached hydrogens (tertiary/aromatic N) is 1. The molecule has 0 aromatic heterocycles. The minimum absolute atomic E-state index is 0.0329. The van der Waals surface area contributed by atoms with E-state index in [4.69, 9.17) is 9.47 Å². The fraction of sp³-hybridized carbons (Fsp3) is 0.533. The van der Waals surface area contributed by atoms with Gasteiger partial charge in [-0.15, -0.1) is 0 Å². The predicted octanol–water partition coefficient (Wildman–Crippen LogP) is 1.53. The van der Waals surface area contributed by atoms with Crippen LogP contribution in [-0.4, -0.2) is 51.2 Å². The molecule has 20 heavy (non-hydrogen) atoms. The Morgan fingerprint density at radius 1 is 1.35 bits per heavy atom. The van der Waals surface area contributed by atoms with Crippen LogP contribution < -0.4 is 14.8 Å². The van der Waals surface area contributed by atoms with Crippen molar-refractivity contribution in [1.29, 1.82) is 0 Å². The van der Waals surface area contributed by atoms with Crippen molar-refractivity contribution in [2.24, 2.45) is 0 Å². The van der Waals surface area contributed by atoms with Crippen molar-refractivity contribution >= 4 is 5.91 Å². The number of piperidine rings is 1. The standard InChI is InChI=1S/C15H22N2O3/c1-17(11-5-4-8-16-10-11)15(18)13-9-12(19-2)6-7-14(13)20-3/h6-7,9,11,16H,4-5,8,10H2,1-3H3. The second-order valence-corrected chi connectivity index (χ2v) is 4.98. The molecule has 1 amide bonds. The van der Waals surface area contributed by atoms with Crippen LogP contribution in [0.15, 0.2) is 18.2 Å². The molecule has 0 radical (unpaired) electrons. The summed E-state index contributed by atoms with van der Waals surface area (Å²) in [7, 11) is 5.00. The van der Waals surface area contributed by atoms with E-state index in [1.54, 1.807) is 37.3 Å². The third kappa shape index (κ3) is 3.04. The smallest absolute Gasteiger partial charge is 0.257 e. The fourth-order valence-corrected chi connectivity index (χ4v) is 2.50. The molecular formula is C15H22N2O3. The van der Waals surface area contributed by atoms with E-state index in [0.717, 1.165) is 25.9 Å². The first-order valence-electron chi connectivity index (χ1n) is 6.87. The monoisotopic (exact) mass is 278 g/mol. The Morgan fingerprint density at radius 2 is 2.15 bits per heavy atom. The summed E-state index contributed by atoms with van der Waals surface area (Å²) in [6, 6.07) is 5.51. The van der Waals surface area contributed by atoms with Gasteiger partial charge in [0.05, 0.1) is 19.8 Å². The fourth-order valence-electron chi connectivity index (χ4n) is 2.50. The Labute approximate surface area is 119 Å². The first-order valence-corrected chi connectivity index (χ1v) is 6.87. The van der Waals surface area contributed by atoms with Gasteiger partial charge in [0.15, 0.2) is 0 Å². The zero-order valence-electron chi connectivity index (χ0n) is 12.3. The van der Waals surface area contributed by atoms with Crippen molar-refractivity contribution in [1.82, 2.24) is 10.2 Å². The summed E-state index contributed by atoms with van der Waals surface area (Å²) in [6.45, 7) is 1.87. The van der Waals surface area contributed by atoms with Gasteiger partial charge in [-0.1, -0.05) is 0 Å². The Balaban J connectivity index is 2.22. The largest absolute Gasteiger partial charge is 0.497 e. The molecule has 1 unspecified atom stereocenters. The molecule has 1 saturated heterocycles. The molecule has 5 nitrogen and oxygen atoms in total. The lowest BCUT2D eigenvalue weighted by molar-refractivity contribution is 0.0704. The van der Waals surface area contributed by atoms with Gasteiger partial charge in [0, 0.05) is 19.6 Å². The van der Waals surface area contributed by atoms with Crippen molar-refractivity contribution in [3.63, 3.8) is 0 Å². The summed E-state index contributed by atoms with van der Waals surface area (Å²) in [5.74, 6) is 1.20. The van der Waals surface area contributed by atoms with Crippen LogP contribution in [0.4, 0.5) is 0 Å². The molecule has 1 aromatic rings. The highest BCUT2D eigenvalue weighted by atomic mass is 16.5. The summed E-state index contributed by atoms with van der Waals surface area (Å²) in [5.41, 5.74) is 0.542. The predicted molar refractivity (Wildman–Crippen MR) is 77.5 cm³/mol. The molecule has 0 spiro atoms. The highest BCUT2D eigenvalue weighted by molar-refractivity contribution is 5.97. The van der Waals surface area contributed by atoms with E-state index in [1.165, 1.54) is 0 Å². The van der Waals surface area contributed by atoms with Crippen molar-refractivity contribution < 1.29 is 14.3 Å². The summed E-state index contributed by atoms with van der Waals surface area (Å²) in [6.07, 6.45) is 2.12. The van der Waals surface area contributed by atoms with Crippen LogP contribution in [0.2, 0.25) is 0 Å². The molecule has 1 atom stereocenters. The zero-order chi connectivity index (χ0) is 14.5. The van der Waals surface area contributed by atoms with Gasteiger partial charge in [-0.25, -0.2) is 0 Å². The van der Waals surface area contributed by atoms with Gasteiger partial charge in [0.2, 0.25) is 0 Å². The molecule has 1 N–H and O–H groups in total. The van der Waals surface area contributed by atoms with Crippen LogP contribution in [0, 0.1) is 0 Å². The van der Waals surface area contributed by atoms with E-state index < -0.39 is 0 Å². The van der Waals surface area contributed by atoms with Gasteiger partial charge < -0.3 is 19.7 Å². The van der Waals surface area contributed by atoms with Crippen LogP contribution in [-0.2, 0) is 0 Å². The summed E-state index contributed by atoms with van der Waals surface area (Å²) >= 11 is 0. The average molecular weight is 278 g/mol. The summed E-state index contributed by atoms with van der Waals surface area (Å²) < 4.78 is 10.5. The highest BCUT2D eigenvalue weighted by Gasteiger charge is 2.25. The lowest BCUT2D eigenvalue weighted by Gasteiger charge is -2.32. The Bertz CT molecular complexity index is 470. The maximum atomic E-state index is 12.7. The number of likely N-dealkylation sites (N-methyl/N-ethyl adjacent to an activating group) is 1. The molecule has 1 aromatic carbocycles. The maximum absolute atomic E-state index is 12.7. The second-order valence-electron chi connectivity index (χ2n) is 4.98. The molecule has 5 heteroatoms. The molecule has 0 aliphatic carbocycles. The third-order valence-electron chi connectivity index (χ3n) is 3.78. The summed E-state index contributed by atoms with van der Waals surface area (Å²) in [4.78, 5) is 14.4. The van der Waals surface area contributed by atoms with E-state index in [9.17, 15) is 4.79 Å². The van der Waals surface area contributed by atoms with Gasteiger partial charge >= 0.3 is 0 Å². The van der Waals surface area contributed by atoms with Gasteiger partial charge in [0.1, 0.15) is 11.5 Å². The minimum Gasteiger partial charge on any atom is -0.497 e. The Hall–Kier alpha value is -1.75.